The molecule has 6 heteroatoms. The van der Waals surface area contributed by atoms with Crippen LogP contribution in [0, 0.1) is 6.92 Å². The maximum atomic E-state index is 4.63. The van der Waals surface area contributed by atoms with Gasteiger partial charge in [0.2, 0.25) is 0 Å². The summed E-state index contributed by atoms with van der Waals surface area (Å²) >= 11 is 8.47. The maximum absolute atomic E-state index is 4.63. The number of imidazole rings is 1. The van der Waals surface area contributed by atoms with Crippen LogP contribution in [0.1, 0.15) is 11.4 Å². The Morgan fingerprint density at radius 3 is 3.17 bits per heavy atom. The molecule has 1 heterocycles. The molecule has 0 aliphatic heterocycles. The zero-order chi connectivity index (χ0) is 8.97. The highest BCUT2D eigenvalue weighted by Crippen LogP contribution is 1.95. The first-order valence-electron chi connectivity index (χ1n) is 3.22. The fraction of sp³-hybridized carbons (Fsp3) is 0.167. The lowest BCUT2D eigenvalue weighted by Crippen LogP contribution is -2.07. The summed E-state index contributed by atoms with van der Waals surface area (Å²) in [5.41, 5.74) is 4.27. The van der Waals surface area contributed by atoms with Crippen molar-refractivity contribution in [2.75, 3.05) is 0 Å². The second-order valence-electron chi connectivity index (χ2n) is 2.09. The Kier molecular flexibility index (Phi) is 3.24. The van der Waals surface area contributed by atoms with Gasteiger partial charge in [0.05, 0.1) is 12.5 Å². The van der Waals surface area contributed by atoms with E-state index in [-0.39, 0.29) is 0 Å². The third-order valence-electron chi connectivity index (χ3n) is 1.22. The number of aromatic amines is 1. The number of hydrogen-bond donors (Lipinski definition) is 3. The van der Waals surface area contributed by atoms with Gasteiger partial charge in [-0.15, -0.1) is 12.6 Å². The molecule has 0 fully saturated rings. The highest BCUT2D eigenvalue weighted by atomic mass is 32.1. The summed E-state index contributed by atoms with van der Waals surface area (Å²) in [6.07, 6.45) is 3.18. The topological polar surface area (TPSA) is 53.1 Å². The Hall–Kier alpha value is -0.880. The van der Waals surface area contributed by atoms with Crippen molar-refractivity contribution in [2.24, 2.45) is 5.10 Å². The quantitative estimate of drug-likeness (QED) is 0.287. The molecule has 64 valence electrons. The normalized spacial score (nSPS) is 10.5. The van der Waals surface area contributed by atoms with Crippen LogP contribution in [0.3, 0.4) is 0 Å². The Morgan fingerprint density at radius 1 is 1.92 bits per heavy atom. The number of thiol groups is 1. The smallest absolute Gasteiger partial charge is 0.150 e. The van der Waals surface area contributed by atoms with E-state index in [4.69, 9.17) is 0 Å². The van der Waals surface area contributed by atoms with Crippen molar-refractivity contribution >= 4 is 35.4 Å². The van der Waals surface area contributed by atoms with Crippen molar-refractivity contribution in [3.05, 3.63) is 17.7 Å². The van der Waals surface area contributed by atoms with Gasteiger partial charge in [-0.2, -0.15) is 5.10 Å². The molecule has 0 aliphatic carbocycles. The first-order valence-corrected chi connectivity index (χ1v) is 4.07. The molecule has 0 saturated heterocycles. The van der Waals surface area contributed by atoms with Crippen LogP contribution in [0.15, 0.2) is 11.4 Å². The van der Waals surface area contributed by atoms with E-state index in [2.05, 4.69) is 45.3 Å². The summed E-state index contributed by atoms with van der Waals surface area (Å²) in [5.74, 6) is 0. The van der Waals surface area contributed by atoms with Crippen LogP contribution in [0.25, 0.3) is 0 Å². The van der Waals surface area contributed by atoms with Gasteiger partial charge >= 0.3 is 0 Å². The molecule has 0 aliphatic rings. The van der Waals surface area contributed by atoms with Crippen LogP contribution in [0.5, 0.6) is 0 Å². The summed E-state index contributed by atoms with van der Waals surface area (Å²) < 4.78 is 0.333. The Balaban J connectivity index is 2.57. The molecule has 0 unspecified atom stereocenters. The summed E-state index contributed by atoms with van der Waals surface area (Å²) in [4.78, 5) is 6.92. The number of hydrazone groups is 1. The zero-order valence-corrected chi connectivity index (χ0v) is 8.12. The van der Waals surface area contributed by atoms with Crippen molar-refractivity contribution < 1.29 is 0 Å². The minimum Gasteiger partial charge on any atom is -0.348 e. The zero-order valence-electron chi connectivity index (χ0n) is 6.40. The van der Waals surface area contributed by atoms with Crippen LogP contribution >= 0.6 is 24.8 Å². The van der Waals surface area contributed by atoms with Gasteiger partial charge in [0.1, 0.15) is 5.69 Å². The number of rotatable bonds is 2. The molecule has 1 aromatic rings. The van der Waals surface area contributed by atoms with Gasteiger partial charge in [-0.25, -0.2) is 4.98 Å². The SMILES string of the molecule is Cc1[nH]cnc1/C=N/NC(=S)S. The Morgan fingerprint density at radius 2 is 2.67 bits per heavy atom. The average molecular weight is 200 g/mol. The molecule has 2 N–H and O–H groups in total. The average Bonchev–Trinajstić information content (AvgIpc) is 2.36. The highest BCUT2D eigenvalue weighted by Gasteiger charge is 1.94. The molecule has 0 saturated carbocycles. The summed E-state index contributed by atoms with van der Waals surface area (Å²) in [6, 6.07) is 0. The second kappa shape index (κ2) is 4.22. The predicted molar refractivity (Wildman–Crippen MR) is 55.6 cm³/mol. The van der Waals surface area contributed by atoms with Crippen molar-refractivity contribution in [3.63, 3.8) is 0 Å². The van der Waals surface area contributed by atoms with Crippen LogP contribution in [-0.2, 0) is 0 Å². The number of thiocarbonyl (C=S) groups is 1. The summed E-state index contributed by atoms with van der Waals surface area (Å²) in [7, 11) is 0. The van der Waals surface area contributed by atoms with Crippen molar-refractivity contribution in [2.45, 2.75) is 6.92 Å². The molecule has 4 nitrogen and oxygen atoms in total. The number of aryl methyl sites for hydroxylation is 1. The van der Waals surface area contributed by atoms with Crippen LogP contribution in [-0.4, -0.2) is 20.5 Å². The molecular formula is C6H8N4S2. The van der Waals surface area contributed by atoms with E-state index < -0.39 is 0 Å². The van der Waals surface area contributed by atoms with E-state index in [1.807, 2.05) is 6.92 Å². The minimum atomic E-state index is 0.333. The first-order chi connectivity index (χ1) is 5.70. The number of hydrogen-bond acceptors (Lipinski definition) is 3. The van der Waals surface area contributed by atoms with Crippen molar-refractivity contribution in [1.82, 2.24) is 15.4 Å². The standard InChI is InChI=1S/C6H8N4S2/c1-4-5(8-3-7-4)2-9-10-6(11)12/h2-3H,1H3,(H,7,8)(H2,10,11,12)/b9-2+. The van der Waals surface area contributed by atoms with Crippen molar-refractivity contribution in [1.29, 1.82) is 0 Å². The highest BCUT2D eigenvalue weighted by molar-refractivity contribution is 8.11. The molecule has 0 spiro atoms. The molecule has 0 atom stereocenters. The molecule has 0 amide bonds. The third-order valence-corrected chi connectivity index (χ3v) is 1.41. The molecule has 0 radical (unpaired) electrons. The van der Waals surface area contributed by atoms with Gasteiger partial charge in [0, 0.05) is 5.69 Å². The molecule has 1 aromatic heterocycles. The van der Waals surface area contributed by atoms with Crippen molar-refractivity contribution in [3.8, 4) is 0 Å². The molecule has 0 bridgehead atoms. The first kappa shape index (κ1) is 9.21. The van der Waals surface area contributed by atoms with E-state index >= 15 is 0 Å². The monoisotopic (exact) mass is 200 g/mol. The largest absolute Gasteiger partial charge is 0.348 e. The van der Waals surface area contributed by atoms with E-state index in [0.29, 0.717) is 4.32 Å². The maximum Gasteiger partial charge on any atom is 0.150 e. The fourth-order valence-electron chi connectivity index (χ4n) is 0.648. The predicted octanol–water partition coefficient (Wildman–Crippen LogP) is 0.856. The van der Waals surface area contributed by atoms with Gasteiger partial charge in [-0.05, 0) is 6.92 Å². The summed E-state index contributed by atoms with van der Waals surface area (Å²) in [6.45, 7) is 1.91. The second-order valence-corrected chi connectivity index (χ2v) is 3.25. The lowest BCUT2D eigenvalue weighted by Gasteiger charge is -1.91. The number of nitrogens with one attached hydrogen (secondary N) is 2. The lowest BCUT2D eigenvalue weighted by molar-refractivity contribution is 1.07. The van der Waals surface area contributed by atoms with Crippen LogP contribution < -0.4 is 5.43 Å². The molecule has 0 aromatic carbocycles. The van der Waals surface area contributed by atoms with Gasteiger partial charge in [-0.1, -0.05) is 12.2 Å². The van der Waals surface area contributed by atoms with Crippen LogP contribution in [0.4, 0.5) is 0 Å². The number of nitrogens with zero attached hydrogens (tertiary/aromatic N) is 2. The molecular weight excluding hydrogens is 192 g/mol. The Bertz CT molecular complexity index is 304. The van der Waals surface area contributed by atoms with E-state index in [1.165, 1.54) is 0 Å². The van der Waals surface area contributed by atoms with E-state index in [9.17, 15) is 0 Å². The van der Waals surface area contributed by atoms with E-state index in [0.717, 1.165) is 11.4 Å². The van der Waals surface area contributed by atoms with Gasteiger partial charge in [0.25, 0.3) is 0 Å². The van der Waals surface area contributed by atoms with E-state index in [1.54, 1.807) is 12.5 Å². The minimum absolute atomic E-state index is 0.333. The molecule has 12 heavy (non-hydrogen) atoms. The molecule has 1 rings (SSSR count). The third kappa shape index (κ3) is 2.63. The summed E-state index contributed by atoms with van der Waals surface area (Å²) in [5, 5.41) is 3.80. The number of H-pyrrole nitrogens is 1. The van der Waals surface area contributed by atoms with Gasteiger partial charge < -0.3 is 4.98 Å². The fourth-order valence-corrected chi connectivity index (χ4v) is 0.759. The Labute approximate surface area is 80.9 Å². The number of aromatic nitrogens is 2. The lowest BCUT2D eigenvalue weighted by atomic mass is 10.4. The van der Waals surface area contributed by atoms with Gasteiger partial charge in [-0.3, -0.25) is 5.43 Å². The van der Waals surface area contributed by atoms with Gasteiger partial charge in [0.15, 0.2) is 4.32 Å². The van der Waals surface area contributed by atoms with Crippen LogP contribution in [0.2, 0.25) is 0 Å².